The van der Waals surface area contributed by atoms with Gasteiger partial charge in [-0.25, -0.2) is 0 Å². The molecule has 0 aromatic heterocycles. The molecule has 0 aliphatic carbocycles. The van der Waals surface area contributed by atoms with Crippen LogP contribution in [0.2, 0.25) is 5.04 Å². The molecule has 2 nitrogen and oxygen atoms in total. The van der Waals surface area contributed by atoms with Crippen LogP contribution in [-0.4, -0.2) is 20.0 Å². The second-order valence-corrected chi connectivity index (χ2v) is 14.3. The van der Waals surface area contributed by atoms with Crippen LogP contribution in [0, 0.1) is 0 Å². The Labute approximate surface area is 207 Å². The largest absolute Gasteiger partial charge is 0.403 e. The molecule has 0 radical (unpaired) electrons. The second-order valence-electron chi connectivity index (χ2n) is 10.0. The lowest BCUT2D eigenvalue weighted by molar-refractivity contribution is 0.192. The van der Waals surface area contributed by atoms with Gasteiger partial charge in [0.1, 0.15) is 6.10 Å². The Balaban J connectivity index is 2.02. The lowest BCUT2D eigenvalue weighted by Gasteiger charge is -2.43. The van der Waals surface area contributed by atoms with Gasteiger partial charge in [-0.2, -0.15) is 0 Å². The summed E-state index contributed by atoms with van der Waals surface area (Å²) in [6, 6.07) is 31.3. The first kappa shape index (κ1) is 26.1. The third-order valence-corrected chi connectivity index (χ3v) is 11.5. The number of allylic oxidation sites excluding steroid dienone is 1. The molecule has 0 saturated heterocycles. The predicted octanol–water partition coefficient (Wildman–Crippen LogP) is 6.80. The minimum absolute atomic E-state index is 0.0965. The molecule has 1 unspecified atom stereocenters. The van der Waals surface area contributed by atoms with E-state index in [9.17, 15) is 5.11 Å². The highest BCUT2D eigenvalue weighted by atomic mass is 28.4. The number of unbranched alkanes of at least 4 members (excludes halogenated alkanes) is 3. The Kier molecular flexibility index (Phi) is 9.46. The number of hydrogen-bond acceptors (Lipinski definition) is 2. The Hall–Kier alpha value is -2.46. The van der Waals surface area contributed by atoms with Crippen LogP contribution >= 0.6 is 0 Å². The summed E-state index contributed by atoms with van der Waals surface area (Å²) in [6.07, 6.45) is 6.01. The maximum absolute atomic E-state index is 11.3. The van der Waals surface area contributed by atoms with E-state index in [-0.39, 0.29) is 5.04 Å². The number of aliphatic hydroxyl groups is 1. The number of hydrogen-bond donors (Lipinski definition) is 1. The summed E-state index contributed by atoms with van der Waals surface area (Å²) in [5.41, 5.74) is 1.87. The molecule has 0 fully saturated rings. The van der Waals surface area contributed by atoms with Crippen molar-refractivity contribution in [3.8, 4) is 0 Å². The summed E-state index contributed by atoms with van der Waals surface area (Å²) in [5.74, 6) is 0. The molecule has 3 rings (SSSR count). The van der Waals surface area contributed by atoms with E-state index in [0.717, 1.165) is 24.0 Å². The first-order chi connectivity index (χ1) is 16.4. The maximum Gasteiger partial charge on any atom is 0.261 e. The van der Waals surface area contributed by atoms with Gasteiger partial charge in [-0.15, -0.1) is 0 Å². The molecule has 3 aromatic carbocycles. The molecule has 34 heavy (non-hydrogen) atoms. The Morgan fingerprint density at radius 2 is 1.32 bits per heavy atom. The lowest BCUT2D eigenvalue weighted by atomic mass is 10.0. The van der Waals surface area contributed by atoms with E-state index >= 15 is 0 Å². The van der Waals surface area contributed by atoms with E-state index in [0.29, 0.717) is 6.61 Å². The van der Waals surface area contributed by atoms with Crippen molar-refractivity contribution < 1.29 is 9.53 Å². The first-order valence-corrected chi connectivity index (χ1v) is 14.5. The van der Waals surface area contributed by atoms with Crippen LogP contribution in [0.4, 0.5) is 0 Å². The van der Waals surface area contributed by atoms with Gasteiger partial charge in [0, 0.05) is 0 Å². The molecule has 3 heteroatoms. The average Bonchev–Trinajstić information content (AvgIpc) is 2.86. The fraction of sp³-hybridized carbons (Fsp3) is 0.355. The van der Waals surface area contributed by atoms with Crippen LogP contribution in [0.25, 0.3) is 0 Å². The summed E-state index contributed by atoms with van der Waals surface area (Å²) < 4.78 is 7.14. The highest BCUT2D eigenvalue weighted by molar-refractivity contribution is 6.99. The lowest BCUT2D eigenvalue weighted by Crippen LogP contribution is -2.66. The van der Waals surface area contributed by atoms with E-state index in [1.807, 2.05) is 30.3 Å². The van der Waals surface area contributed by atoms with Crippen molar-refractivity contribution in [3.63, 3.8) is 0 Å². The Bertz CT molecular complexity index is 968. The van der Waals surface area contributed by atoms with Gasteiger partial charge in [0.15, 0.2) is 0 Å². The van der Waals surface area contributed by atoms with Gasteiger partial charge in [-0.1, -0.05) is 138 Å². The van der Waals surface area contributed by atoms with Gasteiger partial charge in [-0.3, -0.25) is 0 Å². The van der Waals surface area contributed by atoms with E-state index in [2.05, 4.69) is 94.4 Å². The van der Waals surface area contributed by atoms with Crippen molar-refractivity contribution in [1.29, 1.82) is 0 Å². The summed E-state index contributed by atoms with van der Waals surface area (Å²) >= 11 is 0. The summed E-state index contributed by atoms with van der Waals surface area (Å²) in [7, 11) is -2.67. The molecule has 0 heterocycles. The van der Waals surface area contributed by atoms with Crippen molar-refractivity contribution in [2.24, 2.45) is 0 Å². The minimum Gasteiger partial charge on any atom is -0.403 e. The fourth-order valence-corrected chi connectivity index (χ4v) is 9.27. The smallest absolute Gasteiger partial charge is 0.261 e. The third kappa shape index (κ3) is 6.15. The summed E-state index contributed by atoms with van der Waals surface area (Å²) in [6.45, 7) is 9.50. The van der Waals surface area contributed by atoms with Gasteiger partial charge in [-0.05, 0) is 39.4 Å². The molecule has 0 bridgehead atoms. The summed E-state index contributed by atoms with van der Waals surface area (Å²) in [4.78, 5) is 0. The number of rotatable bonds is 11. The molecule has 0 saturated carbocycles. The molecular formula is C31H40O2Si. The van der Waals surface area contributed by atoms with Crippen LogP contribution in [0.5, 0.6) is 0 Å². The van der Waals surface area contributed by atoms with Crippen molar-refractivity contribution >= 4 is 18.7 Å². The number of aliphatic hydroxyl groups excluding tert-OH is 1. The Morgan fingerprint density at radius 1 is 0.824 bits per heavy atom. The van der Waals surface area contributed by atoms with E-state index in [1.165, 1.54) is 23.2 Å². The predicted molar refractivity (Wildman–Crippen MR) is 147 cm³/mol. The van der Waals surface area contributed by atoms with E-state index < -0.39 is 14.4 Å². The van der Waals surface area contributed by atoms with Crippen molar-refractivity contribution in [2.75, 3.05) is 6.61 Å². The molecule has 0 aliphatic rings. The highest BCUT2D eigenvalue weighted by Gasteiger charge is 2.50. The van der Waals surface area contributed by atoms with Gasteiger partial charge in [0.25, 0.3) is 8.32 Å². The number of benzene rings is 3. The van der Waals surface area contributed by atoms with Gasteiger partial charge >= 0.3 is 0 Å². The minimum atomic E-state index is -2.67. The van der Waals surface area contributed by atoms with Gasteiger partial charge < -0.3 is 9.53 Å². The van der Waals surface area contributed by atoms with Crippen molar-refractivity contribution in [3.05, 3.63) is 108 Å². The first-order valence-electron chi connectivity index (χ1n) is 12.6. The Morgan fingerprint density at radius 3 is 1.79 bits per heavy atom. The molecule has 180 valence electrons. The fourth-order valence-electron chi connectivity index (χ4n) is 4.73. The third-order valence-electron chi connectivity index (χ3n) is 6.55. The monoisotopic (exact) mass is 472 g/mol. The van der Waals surface area contributed by atoms with Crippen molar-refractivity contribution in [1.82, 2.24) is 0 Å². The molecule has 1 atom stereocenters. The summed E-state index contributed by atoms with van der Waals surface area (Å²) in [5, 5.41) is 13.8. The maximum atomic E-state index is 11.3. The van der Waals surface area contributed by atoms with Crippen LogP contribution in [0.3, 0.4) is 0 Å². The molecule has 0 amide bonds. The SMILES string of the molecule is CCCCC/C=C(\CO[Si](c1ccccc1)(c1ccccc1)C(C)(C)C)C(O)c1ccccc1. The van der Waals surface area contributed by atoms with E-state index in [1.54, 1.807) is 0 Å². The van der Waals surface area contributed by atoms with Crippen LogP contribution in [-0.2, 0) is 4.43 Å². The van der Waals surface area contributed by atoms with E-state index in [4.69, 9.17) is 4.43 Å². The molecule has 3 aromatic rings. The normalized spacial score (nSPS) is 13.6. The standard InChI is InChI=1S/C31H40O2Si/c1-5-6-7-11-20-27(30(32)26-18-12-8-13-19-26)25-33-34(31(2,3)4,28-21-14-9-15-22-28)29-23-16-10-17-24-29/h8-10,12-24,30,32H,5-7,11,25H2,1-4H3/b27-20+. The zero-order valence-corrected chi connectivity index (χ0v) is 22.2. The van der Waals surface area contributed by atoms with Crippen LogP contribution in [0.1, 0.15) is 65.0 Å². The topological polar surface area (TPSA) is 29.5 Å². The molecule has 1 N–H and O–H groups in total. The quantitative estimate of drug-likeness (QED) is 0.189. The van der Waals surface area contributed by atoms with Crippen LogP contribution < -0.4 is 10.4 Å². The second kappa shape index (κ2) is 12.3. The average molecular weight is 473 g/mol. The zero-order valence-electron chi connectivity index (χ0n) is 21.2. The molecule has 0 aliphatic heterocycles. The molecule has 0 spiro atoms. The van der Waals surface area contributed by atoms with Crippen LogP contribution in [0.15, 0.2) is 103 Å². The van der Waals surface area contributed by atoms with Crippen molar-refractivity contribution in [2.45, 2.75) is 64.5 Å². The zero-order chi connectivity index (χ0) is 24.4. The highest BCUT2D eigenvalue weighted by Crippen LogP contribution is 2.37. The van der Waals surface area contributed by atoms with Gasteiger partial charge in [0.05, 0.1) is 6.61 Å². The van der Waals surface area contributed by atoms with Gasteiger partial charge in [0.2, 0.25) is 0 Å². The molecular weight excluding hydrogens is 432 g/mol.